The van der Waals surface area contributed by atoms with Crippen molar-refractivity contribution in [3.63, 3.8) is 0 Å². The maximum Gasteiger partial charge on any atom is 0.289 e. The van der Waals surface area contributed by atoms with Gasteiger partial charge >= 0.3 is 0 Å². The Morgan fingerprint density at radius 3 is 2.88 bits per heavy atom. The minimum Gasteiger partial charge on any atom is -0.438 e. The van der Waals surface area contributed by atoms with Gasteiger partial charge in [-0.3, -0.25) is 4.79 Å². The van der Waals surface area contributed by atoms with E-state index in [1.54, 1.807) is 6.92 Å². The molecule has 1 atom stereocenters. The Kier molecular flexibility index (Phi) is 3.45. The second-order valence-corrected chi connectivity index (χ2v) is 6.07. The Bertz CT molecular complexity index is 910. The molecule has 122 valence electrons. The summed E-state index contributed by atoms with van der Waals surface area (Å²) in [4.78, 5) is 16.3. The van der Waals surface area contributed by atoms with Crippen LogP contribution < -0.4 is 5.32 Å². The van der Waals surface area contributed by atoms with Crippen molar-refractivity contribution in [2.24, 2.45) is 0 Å². The molecule has 1 N–H and O–H groups in total. The van der Waals surface area contributed by atoms with E-state index in [4.69, 9.17) is 8.94 Å². The lowest BCUT2D eigenvalue weighted by Gasteiger charge is -2.13. The molecule has 0 saturated heterocycles. The number of amides is 1. The number of fused-ring (bicyclic) bond motifs is 1. The average Bonchev–Trinajstić information content (AvgIpc) is 3.27. The van der Waals surface area contributed by atoms with Crippen molar-refractivity contribution in [2.45, 2.75) is 32.7 Å². The molecule has 4 rings (SSSR count). The van der Waals surface area contributed by atoms with Crippen molar-refractivity contribution in [1.29, 1.82) is 0 Å². The lowest BCUT2D eigenvalue weighted by molar-refractivity contribution is 0.0908. The summed E-state index contributed by atoms with van der Waals surface area (Å²) in [5, 5.41) is 7.09. The van der Waals surface area contributed by atoms with Crippen LogP contribution in [0.25, 0.3) is 11.3 Å². The van der Waals surface area contributed by atoms with Crippen LogP contribution in [-0.2, 0) is 6.42 Å². The van der Waals surface area contributed by atoms with Crippen LogP contribution in [0.15, 0.2) is 39.6 Å². The highest BCUT2D eigenvalue weighted by atomic mass is 16.5. The van der Waals surface area contributed by atoms with Gasteiger partial charge in [0.1, 0.15) is 11.5 Å². The fraction of sp³-hybridized carbons (Fsp3) is 0.278. The first-order valence-corrected chi connectivity index (χ1v) is 7.89. The van der Waals surface area contributed by atoms with Gasteiger partial charge in [0.25, 0.3) is 5.91 Å². The van der Waals surface area contributed by atoms with Gasteiger partial charge in [0.05, 0.1) is 11.7 Å². The third-order valence-corrected chi connectivity index (χ3v) is 4.40. The topological polar surface area (TPSA) is 81.2 Å². The van der Waals surface area contributed by atoms with Crippen LogP contribution in [-0.4, -0.2) is 16.0 Å². The normalized spacial score (nSPS) is 16.2. The molecule has 0 spiro atoms. The molecule has 1 amide bonds. The van der Waals surface area contributed by atoms with Crippen molar-refractivity contribution in [3.05, 3.63) is 59.0 Å². The van der Waals surface area contributed by atoms with E-state index >= 15 is 0 Å². The molecule has 1 aliphatic rings. The molecular weight excluding hydrogens is 306 g/mol. The number of nitrogens with zero attached hydrogens (tertiary/aromatic N) is 2. The molecule has 24 heavy (non-hydrogen) atoms. The van der Waals surface area contributed by atoms with Crippen molar-refractivity contribution in [3.8, 4) is 11.3 Å². The zero-order valence-corrected chi connectivity index (χ0v) is 13.5. The van der Waals surface area contributed by atoms with Gasteiger partial charge in [0.15, 0.2) is 6.39 Å². The molecule has 0 bridgehead atoms. The molecule has 1 aromatic carbocycles. The first kappa shape index (κ1) is 14.7. The zero-order chi connectivity index (χ0) is 16.7. The molecule has 0 saturated carbocycles. The summed E-state index contributed by atoms with van der Waals surface area (Å²) in [5.41, 5.74) is 4.84. The molecule has 6 heteroatoms. The van der Waals surface area contributed by atoms with Crippen molar-refractivity contribution >= 4 is 5.91 Å². The highest BCUT2D eigenvalue weighted by Gasteiger charge is 2.26. The number of carbonyl (C=O) groups is 1. The summed E-state index contributed by atoms with van der Waals surface area (Å²) in [7, 11) is 0. The summed E-state index contributed by atoms with van der Waals surface area (Å²) < 4.78 is 10.3. The number of rotatable bonds is 3. The maximum atomic E-state index is 12.3. The quantitative estimate of drug-likeness (QED) is 0.799. The van der Waals surface area contributed by atoms with Gasteiger partial charge in [-0.15, -0.1) is 0 Å². The SMILES string of the molecule is Cc1cc(-c2ccc3c(c2)CC[C@H]3NC(=O)c2ocnc2C)no1. The van der Waals surface area contributed by atoms with Gasteiger partial charge in [0.2, 0.25) is 5.76 Å². The monoisotopic (exact) mass is 323 g/mol. The van der Waals surface area contributed by atoms with E-state index in [0.717, 1.165) is 35.4 Å². The third kappa shape index (κ3) is 2.50. The van der Waals surface area contributed by atoms with E-state index in [9.17, 15) is 4.79 Å². The summed E-state index contributed by atoms with van der Waals surface area (Å²) in [6, 6.07) is 8.10. The number of aromatic nitrogens is 2. The molecule has 2 aromatic heterocycles. The minimum atomic E-state index is -0.223. The Hall–Kier alpha value is -2.89. The third-order valence-electron chi connectivity index (χ3n) is 4.40. The highest BCUT2D eigenvalue weighted by molar-refractivity contribution is 5.92. The zero-order valence-electron chi connectivity index (χ0n) is 13.5. The fourth-order valence-corrected chi connectivity index (χ4v) is 3.17. The fourth-order valence-electron chi connectivity index (χ4n) is 3.17. The molecule has 3 aromatic rings. The molecule has 0 aliphatic heterocycles. The number of oxazole rings is 1. The Balaban J connectivity index is 1.56. The molecule has 2 heterocycles. The largest absolute Gasteiger partial charge is 0.438 e. The second-order valence-electron chi connectivity index (χ2n) is 6.07. The van der Waals surface area contributed by atoms with E-state index in [-0.39, 0.29) is 17.7 Å². The highest BCUT2D eigenvalue weighted by Crippen LogP contribution is 2.34. The van der Waals surface area contributed by atoms with Crippen LogP contribution in [0.2, 0.25) is 0 Å². The second kappa shape index (κ2) is 5.63. The Labute approximate surface area is 138 Å². The van der Waals surface area contributed by atoms with E-state index in [2.05, 4.69) is 27.6 Å². The standard InChI is InChI=1S/C18H17N3O3/c1-10-7-16(21-24-10)13-3-5-14-12(8-13)4-6-15(14)20-18(22)17-11(2)19-9-23-17/h3,5,7-9,15H,4,6H2,1-2H3,(H,20,22)/t15-/m1/s1. The van der Waals surface area contributed by atoms with Crippen molar-refractivity contribution in [2.75, 3.05) is 0 Å². The summed E-state index contributed by atoms with van der Waals surface area (Å²) in [6.07, 6.45) is 3.08. The van der Waals surface area contributed by atoms with Crippen LogP contribution in [0.5, 0.6) is 0 Å². The molecule has 0 unspecified atom stereocenters. The number of hydrogen-bond acceptors (Lipinski definition) is 5. The number of benzene rings is 1. The van der Waals surface area contributed by atoms with E-state index in [1.807, 2.05) is 19.1 Å². The van der Waals surface area contributed by atoms with Crippen LogP contribution in [0.4, 0.5) is 0 Å². The lowest BCUT2D eigenvalue weighted by atomic mass is 10.0. The first-order chi connectivity index (χ1) is 11.6. The maximum absolute atomic E-state index is 12.3. The van der Waals surface area contributed by atoms with Crippen LogP contribution in [0.3, 0.4) is 0 Å². The van der Waals surface area contributed by atoms with Gasteiger partial charge in [-0.1, -0.05) is 17.3 Å². The smallest absolute Gasteiger partial charge is 0.289 e. The van der Waals surface area contributed by atoms with Gasteiger partial charge in [0, 0.05) is 11.6 Å². The molecule has 1 aliphatic carbocycles. The van der Waals surface area contributed by atoms with Crippen molar-refractivity contribution < 1.29 is 13.7 Å². The molecule has 0 fully saturated rings. The van der Waals surface area contributed by atoms with Gasteiger partial charge < -0.3 is 14.3 Å². The summed E-state index contributed by atoms with van der Waals surface area (Å²) in [6.45, 7) is 3.63. The van der Waals surface area contributed by atoms with Crippen molar-refractivity contribution in [1.82, 2.24) is 15.5 Å². The number of aryl methyl sites for hydroxylation is 3. The van der Waals surface area contributed by atoms with Gasteiger partial charge in [-0.2, -0.15) is 0 Å². The van der Waals surface area contributed by atoms with E-state index in [0.29, 0.717) is 5.69 Å². The summed E-state index contributed by atoms with van der Waals surface area (Å²) in [5.74, 6) is 0.843. The average molecular weight is 323 g/mol. The number of nitrogens with one attached hydrogen (secondary N) is 1. The van der Waals surface area contributed by atoms with Gasteiger partial charge in [-0.05, 0) is 43.9 Å². The van der Waals surface area contributed by atoms with Crippen LogP contribution in [0.1, 0.15) is 45.6 Å². The van der Waals surface area contributed by atoms with Crippen LogP contribution in [0, 0.1) is 13.8 Å². The van der Waals surface area contributed by atoms with E-state index < -0.39 is 0 Å². The predicted octanol–water partition coefficient (Wildman–Crippen LogP) is 3.36. The van der Waals surface area contributed by atoms with Gasteiger partial charge in [-0.25, -0.2) is 4.98 Å². The summed E-state index contributed by atoms with van der Waals surface area (Å²) >= 11 is 0. The first-order valence-electron chi connectivity index (χ1n) is 7.89. The molecule has 0 radical (unpaired) electrons. The molecular formula is C18H17N3O3. The lowest BCUT2D eigenvalue weighted by Crippen LogP contribution is -2.27. The van der Waals surface area contributed by atoms with Crippen LogP contribution >= 0.6 is 0 Å². The Morgan fingerprint density at radius 1 is 1.29 bits per heavy atom. The predicted molar refractivity (Wildman–Crippen MR) is 86.4 cm³/mol. The molecule has 6 nitrogen and oxygen atoms in total. The Morgan fingerprint density at radius 2 is 2.17 bits per heavy atom. The minimum absolute atomic E-state index is 0.00917. The number of carbonyl (C=O) groups excluding carboxylic acids is 1. The number of hydrogen-bond donors (Lipinski definition) is 1. The van der Waals surface area contributed by atoms with E-state index in [1.165, 1.54) is 12.0 Å².